The molecule has 2 nitrogen and oxygen atoms in total. The van der Waals surface area contributed by atoms with E-state index in [1.807, 2.05) is 17.5 Å². The van der Waals surface area contributed by atoms with Crippen molar-refractivity contribution in [2.45, 2.75) is 50.6 Å². The van der Waals surface area contributed by atoms with Crippen LogP contribution in [0.2, 0.25) is 0 Å². The molecule has 114 valence electrons. The molecule has 0 aliphatic carbocycles. The van der Waals surface area contributed by atoms with Crippen molar-refractivity contribution in [1.29, 1.82) is 0 Å². The highest BCUT2D eigenvalue weighted by Gasteiger charge is 2.43. The molecule has 2 bridgehead atoms. The number of fused-ring (bicyclic) bond motifs is 2. The molecule has 3 heterocycles. The summed E-state index contributed by atoms with van der Waals surface area (Å²) in [6.07, 6.45) is 4.58. The van der Waals surface area contributed by atoms with Crippen molar-refractivity contribution in [3.63, 3.8) is 0 Å². The Hall–Kier alpha value is -1.61. The Morgan fingerprint density at radius 3 is 2.36 bits per heavy atom. The normalized spacial score (nSPS) is 27.1. The average molecular weight is 311 g/mol. The molecule has 2 aliphatic rings. The molecule has 0 saturated carbocycles. The van der Waals surface area contributed by atoms with Gasteiger partial charge in [-0.05, 0) is 55.5 Å². The first-order valence-electron chi connectivity index (χ1n) is 8.15. The smallest absolute Gasteiger partial charge is 0.264 e. The van der Waals surface area contributed by atoms with Gasteiger partial charge in [-0.25, -0.2) is 0 Å². The third-order valence-electron chi connectivity index (χ3n) is 5.25. The summed E-state index contributed by atoms with van der Waals surface area (Å²) in [5, 5.41) is 1.99. The number of thiophene rings is 1. The van der Waals surface area contributed by atoms with E-state index in [4.69, 9.17) is 0 Å². The highest BCUT2D eigenvalue weighted by molar-refractivity contribution is 7.12. The molecule has 22 heavy (non-hydrogen) atoms. The van der Waals surface area contributed by atoms with Crippen LogP contribution in [0.4, 0.5) is 0 Å². The number of nitrogens with zero attached hydrogens (tertiary/aromatic N) is 1. The lowest BCUT2D eigenvalue weighted by atomic mass is 9.84. The van der Waals surface area contributed by atoms with Gasteiger partial charge in [-0.3, -0.25) is 4.79 Å². The number of aryl methyl sites for hydroxylation is 1. The van der Waals surface area contributed by atoms with Crippen LogP contribution in [0, 0.1) is 6.92 Å². The zero-order chi connectivity index (χ0) is 15.1. The van der Waals surface area contributed by atoms with Gasteiger partial charge < -0.3 is 4.90 Å². The largest absolute Gasteiger partial charge is 0.332 e. The summed E-state index contributed by atoms with van der Waals surface area (Å²) in [4.78, 5) is 15.8. The topological polar surface area (TPSA) is 20.3 Å². The number of hydrogen-bond acceptors (Lipinski definition) is 2. The second-order valence-electron chi connectivity index (χ2n) is 6.65. The summed E-state index contributed by atoms with van der Waals surface area (Å²) in [5.74, 6) is 0.871. The van der Waals surface area contributed by atoms with Gasteiger partial charge in [0.25, 0.3) is 5.91 Å². The first-order chi connectivity index (χ1) is 10.7. The van der Waals surface area contributed by atoms with E-state index in [2.05, 4.69) is 36.1 Å². The molecule has 0 N–H and O–H groups in total. The van der Waals surface area contributed by atoms with E-state index >= 15 is 0 Å². The molecule has 2 atom stereocenters. The fourth-order valence-corrected chi connectivity index (χ4v) is 4.81. The quantitative estimate of drug-likeness (QED) is 0.793. The number of hydrogen-bond donors (Lipinski definition) is 0. The minimum absolute atomic E-state index is 0.254. The lowest BCUT2D eigenvalue weighted by Crippen LogP contribution is -2.45. The Morgan fingerprint density at radius 2 is 1.77 bits per heavy atom. The molecule has 1 aromatic carbocycles. The Labute approximate surface area is 135 Å². The monoisotopic (exact) mass is 311 g/mol. The Bertz CT molecular complexity index is 647. The van der Waals surface area contributed by atoms with Crippen molar-refractivity contribution in [3.8, 4) is 0 Å². The Kier molecular flexibility index (Phi) is 3.53. The molecular formula is C19H21NOS. The van der Waals surface area contributed by atoms with Gasteiger partial charge in [0.1, 0.15) is 0 Å². The van der Waals surface area contributed by atoms with Gasteiger partial charge in [0.05, 0.1) is 4.88 Å². The number of carbonyl (C=O) groups excluding carboxylic acids is 1. The average Bonchev–Trinajstić information content (AvgIpc) is 3.14. The maximum absolute atomic E-state index is 12.7. The van der Waals surface area contributed by atoms with Crippen LogP contribution in [-0.4, -0.2) is 22.9 Å². The van der Waals surface area contributed by atoms with Crippen molar-refractivity contribution >= 4 is 17.2 Å². The summed E-state index contributed by atoms with van der Waals surface area (Å²) in [6.45, 7) is 2.13. The van der Waals surface area contributed by atoms with Crippen molar-refractivity contribution in [3.05, 3.63) is 57.8 Å². The van der Waals surface area contributed by atoms with Gasteiger partial charge in [0.2, 0.25) is 0 Å². The van der Waals surface area contributed by atoms with Crippen LogP contribution in [0.25, 0.3) is 0 Å². The number of carbonyl (C=O) groups is 1. The molecular weight excluding hydrogens is 290 g/mol. The zero-order valence-corrected chi connectivity index (χ0v) is 13.7. The van der Waals surface area contributed by atoms with Crippen LogP contribution in [-0.2, 0) is 0 Å². The molecule has 2 fully saturated rings. The second-order valence-corrected chi connectivity index (χ2v) is 7.60. The van der Waals surface area contributed by atoms with Gasteiger partial charge in [0, 0.05) is 12.1 Å². The Balaban J connectivity index is 1.54. The second kappa shape index (κ2) is 5.54. The van der Waals surface area contributed by atoms with E-state index in [0.717, 1.165) is 17.7 Å². The first-order valence-corrected chi connectivity index (χ1v) is 9.03. The summed E-state index contributed by atoms with van der Waals surface area (Å²) in [7, 11) is 0. The van der Waals surface area contributed by atoms with Gasteiger partial charge in [-0.15, -0.1) is 11.3 Å². The zero-order valence-electron chi connectivity index (χ0n) is 12.9. The SMILES string of the molecule is Cc1ccc(C2CC3CCC(C2)N3C(=O)c2cccs2)cc1. The van der Waals surface area contributed by atoms with Crippen molar-refractivity contribution < 1.29 is 4.79 Å². The van der Waals surface area contributed by atoms with E-state index in [9.17, 15) is 4.79 Å². The molecule has 1 aromatic heterocycles. The van der Waals surface area contributed by atoms with E-state index in [1.165, 1.54) is 24.0 Å². The van der Waals surface area contributed by atoms with Crippen molar-refractivity contribution in [1.82, 2.24) is 4.90 Å². The van der Waals surface area contributed by atoms with Gasteiger partial charge in [0.15, 0.2) is 0 Å². The standard InChI is InChI=1S/C19H21NOS/c1-13-4-6-14(7-5-13)15-11-16-8-9-17(12-15)20(16)19(21)18-3-2-10-22-18/h2-7,10,15-17H,8-9,11-12H2,1H3. The minimum Gasteiger partial charge on any atom is -0.332 e. The minimum atomic E-state index is 0.254. The summed E-state index contributed by atoms with van der Waals surface area (Å²) < 4.78 is 0. The lowest BCUT2D eigenvalue weighted by Gasteiger charge is -2.39. The number of benzene rings is 1. The Morgan fingerprint density at radius 1 is 1.09 bits per heavy atom. The van der Waals surface area contributed by atoms with Crippen LogP contribution >= 0.6 is 11.3 Å². The maximum Gasteiger partial charge on any atom is 0.264 e. The van der Waals surface area contributed by atoms with E-state index < -0.39 is 0 Å². The summed E-state index contributed by atoms with van der Waals surface area (Å²) in [6, 6.07) is 13.8. The van der Waals surface area contributed by atoms with Crippen LogP contribution in [0.5, 0.6) is 0 Å². The molecule has 4 rings (SSSR count). The molecule has 0 radical (unpaired) electrons. The molecule has 0 spiro atoms. The maximum atomic E-state index is 12.7. The lowest BCUT2D eigenvalue weighted by molar-refractivity contribution is 0.0576. The number of piperidine rings is 1. The van der Waals surface area contributed by atoms with Crippen LogP contribution in [0.1, 0.15) is 52.4 Å². The fourth-order valence-electron chi connectivity index (χ4n) is 4.15. The van der Waals surface area contributed by atoms with Crippen LogP contribution in [0.3, 0.4) is 0 Å². The van der Waals surface area contributed by atoms with Crippen LogP contribution < -0.4 is 0 Å². The van der Waals surface area contributed by atoms with E-state index in [-0.39, 0.29) is 5.91 Å². The third-order valence-corrected chi connectivity index (χ3v) is 6.11. The van der Waals surface area contributed by atoms with E-state index in [1.54, 1.807) is 11.3 Å². The fraction of sp³-hybridized carbons (Fsp3) is 0.421. The summed E-state index contributed by atoms with van der Waals surface area (Å²) >= 11 is 1.56. The third kappa shape index (κ3) is 2.38. The summed E-state index contributed by atoms with van der Waals surface area (Å²) in [5.41, 5.74) is 2.77. The molecule has 2 unspecified atom stereocenters. The van der Waals surface area contributed by atoms with Crippen molar-refractivity contribution in [2.24, 2.45) is 0 Å². The van der Waals surface area contributed by atoms with Gasteiger partial charge in [-0.1, -0.05) is 35.9 Å². The van der Waals surface area contributed by atoms with Gasteiger partial charge in [-0.2, -0.15) is 0 Å². The first kappa shape index (κ1) is 14.0. The predicted octanol–water partition coefficient (Wildman–Crippen LogP) is 4.61. The number of amides is 1. The van der Waals surface area contributed by atoms with Crippen LogP contribution in [0.15, 0.2) is 41.8 Å². The predicted molar refractivity (Wildman–Crippen MR) is 90.5 cm³/mol. The number of rotatable bonds is 2. The van der Waals surface area contributed by atoms with E-state index in [0.29, 0.717) is 18.0 Å². The molecule has 2 saturated heterocycles. The highest BCUT2D eigenvalue weighted by atomic mass is 32.1. The van der Waals surface area contributed by atoms with Gasteiger partial charge >= 0.3 is 0 Å². The molecule has 2 aromatic rings. The molecule has 1 amide bonds. The molecule has 2 aliphatic heterocycles. The van der Waals surface area contributed by atoms with Crippen molar-refractivity contribution in [2.75, 3.05) is 0 Å². The molecule has 3 heteroatoms. The highest BCUT2D eigenvalue weighted by Crippen LogP contribution is 2.43.